The number of rotatable bonds is 11. The summed E-state index contributed by atoms with van der Waals surface area (Å²) in [6, 6.07) is -1.87. The van der Waals surface area contributed by atoms with E-state index in [1.54, 1.807) is 6.08 Å². The molecule has 24 heavy (non-hydrogen) atoms. The third-order valence-corrected chi connectivity index (χ3v) is 5.17. The highest BCUT2D eigenvalue weighted by molar-refractivity contribution is 7.99. The van der Waals surface area contributed by atoms with Crippen LogP contribution in [-0.2, 0) is 14.4 Å². The normalized spacial score (nSPS) is 21.2. The number of carboxylic acids is 2. The van der Waals surface area contributed by atoms with Crippen molar-refractivity contribution < 1.29 is 24.6 Å². The van der Waals surface area contributed by atoms with Crippen molar-refractivity contribution in [2.24, 2.45) is 17.1 Å². The van der Waals surface area contributed by atoms with Gasteiger partial charge >= 0.3 is 11.9 Å². The summed E-state index contributed by atoms with van der Waals surface area (Å²) in [4.78, 5) is 33.7. The summed E-state index contributed by atoms with van der Waals surface area (Å²) in [6.45, 7) is 3.97. The van der Waals surface area contributed by atoms with Gasteiger partial charge in [0.2, 0.25) is 5.91 Å². The van der Waals surface area contributed by atoms with Gasteiger partial charge in [-0.2, -0.15) is 11.8 Å². The lowest BCUT2D eigenvalue weighted by Crippen LogP contribution is -2.40. The number of carbonyl (C=O) groups is 3. The van der Waals surface area contributed by atoms with Gasteiger partial charge in [-0.1, -0.05) is 26.0 Å². The molecule has 1 amide bonds. The molecule has 1 rings (SSSR count). The fraction of sp³-hybridized carbons (Fsp3) is 0.688. The number of unbranched alkanes of at least 4 members (excludes halogenated alkanes) is 1. The number of hydrogen-bond donors (Lipinski definition) is 4. The van der Waals surface area contributed by atoms with Crippen molar-refractivity contribution in [2.75, 3.05) is 11.5 Å². The second-order valence-corrected chi connectivity index (χ2v) is 7.81. The molecule has 0 spiro atoms. The first-order chi connectivity index (χ1) is 11.1. The van der Waals surface area contributed by atoms with Crippen molar-refractivity contribution in [1.82, 2.24) is 5.32 Å². The summed E-state index contributed by atoms with van der Waals surface area (Å²) in [5.74, 6) is -1.32. The molecule has 136 valence electrons. The molecule has 7 nitrogen and oxygen atoms in total. The monoisotopic (exact) mass is 358 g/mol. The van der Waals surface area contributed by atoms with Crippen LogP contribution < -0.4 is 11.1 Å². The third-order valence-electron chi connectivity index (χ3n) is 4.00. The molecule has 3 unspecified atom stereocenters. The Morgan fingerprint density at radius 2 is 1.96 bits per heavy atom. The van der Waals surface area contributed by atoms with Crippen LogP contribution >= 0.6 is 11.8 Å². The fourth-order valence-electron chi connectivity index (χ4n) is 2.18. The molecule has 1 aliphatic carbocycles. The van der Waals surface area contributed by atoms with Gasteiger partial charge in [0.25, 0.3) is 0 Å². The van der Waals surface area contributed by atoms with Gasteiger partial charge in [0.05, 0.1) is 0 Å². The minimum absolute atomic E-state index is 0.0368. The van der Waals surface area contributed by atoms with Gasteiger partial charge < -0.3 is 21.3 Å². The molecule has 0 aromatic heterocycles. The Balaban J connectivity index is 2.25. The molecule has 0 aliphatic heterocycles. The number of carbonyl (C=O) groups excluding carboxylic acids is 1. The average molecular weight is 358 g/mol. The molecule has 1 aliphatic rings. The highest BCUT2D eigenvalue weighted by Crippen LogP contribution is 2.51. The molecule has 0 radical (unpaired) electrons. The number of aliphatic carboxylic acids is 2. The van der Waals surface area contributed by atoms with Gasteiger partial charge in [-0.05, 0) is 30.4 Å². The molecule has 3 atom stereocenters. The second-order valence-electron chi connectivity index (χ2n) is 6.66. The van der Waals surface area contributed by atoms with Gasteiger partial charge in [0, 0.05) is 11.7 Å². The number of amides is 1. The van der Waals surface area contributed by atoms with E-state index >= 15 is 0 Å². The maximum atomic E-state index is 12.0. The Morgan fingerprint density at radius 3 is 2.46 bits per heavy atom. The predicted octanol–water partition coefficient (Wildman–Crippen LogP) is 1.08. The van der Waals surface area contributed by atoms with Crippen LogP contribution in [0.4, 0.5) is 0 Å². The Hall–Kier alpha value is -1.54. The van der Waals surface area contributed by atoms with Crippen LogP contribution in [0, 0.1) is 11.3 Å². The summed E-state index contributed by atoms with van der Waals surface area (Å²) < 4.78 is 0. The number of carboxylic acid groups (broad SMARTS) is 2. The molecule has 8 heteroatoms. The van der Waals surface area contributed by atoms with Crippen LogP contribution in [0.3, 0.4) is 0 Å². The minimum atomic E-state index is -1.08. The fourth-order valence-corrected chi connectivity index (χ4v) is 3.11. The number of thioether (sulfide) groups is 1. The van der Waals surface area contributed by atoms with Gasteiger partial charge in [0.15, 0.2) is 0 Å². The first-order valence-corrected chi connectivity index (χ1v) is 9.06. The van der Waals surface area contributed by atoms with Crippen LogP contribution in [0.25, 0.3) is 0 Å². The highest BCUT2D eigenvalue weighted by Gasteiger charge is 2.50. The smallest absolute Gasteiger partial charge is 0.330 e. The first-order valence-electron chi connectivity index (χ1n) is 7.91. The number of hydrogen-bond acceptors (Lipinski definition) is 5. The zero-order valence-electron chi connectivity index (χ0n) is 14.0. The third kappa shape index (κ3) is 6.92. The van der Waals surface area contributed by atoms with E-state index in [2.05, 4.69) is 5.32 Å². The summed E-state index contributed by atoms with van der Waals surface area (Å²) in [5.41, 5.74) is 5.35. The van der Waals surface area contributed by atoms with E-state index in [0.717, 1.165) is 18.6 Å². The van der Waals surface area contributed by atoms with Crippen molar-refractivity contribution in [1.29, 1.82) is 0 Å². The van der Waals surface area contributed by atoms with Crippen LogP contribution in [0.5, 0.6) is 0 Å². The maximum absolute atomic E-state index is 12.0. The van der Waals surface area contributed by atoms with Crippen LogP contribution in [-0.4, -0.2) is 51.6 Å². The van der Waals surface area contributed by atoms with E-state index in [0.29, 0.717) is 12.2 Å². The molecular weight excluding hydrogens is 332 g/mol. The van der Waals surface area contributed by atoms with E-state index in [4.69, 9.17) is 15.9 Å². The standard InChI is InChI=1S/C16H26N2O5S/c1-16(2)8-10(16)13(19)18-12(15(22)23)6-4-3-5-7-24-9-11(17)14(20)21/h4,6,10-12H,3,5,7-9,17H2,1-2H3,(H,18,19)(H,20,21)(H,22,23)/b6-4+. The van der Waals surface area contributed by atoms with E-state index < -0.39 is 24.0 Å². The van der Waals surface area contributed by atoms with E-state index in [1.165, 1.54) is 17.8 Å². The lowest BCUT2D eigenvalue weighted by molar-refractivity contribution is -0.140. The lowest BCUT2D eigenvalue weighted by atomic mass is 10.1. The Morgan fingerprint density at radius 1 is 1.33 bits per heavy atom. The topological polar surface area (TPSA) is 130 Å². The predicted molar refractivity (Wildman–Crippen MR) is 92.8 cm³/mol. The van der Waals surface area contributed by atoms with Crippen molar-refractivity contribution in [3.05, 3.63) is 12.2 Å². The lowest BCUT2D eigenvalue weighted by Gasteiger charge is -2.11. The van der Waals surface area contributed by atoms with E-state index in [-0.39, 0.29) is 17.2 Å². The van der Waals surface area contributed by atoms with Crippen LogP contribution in [0.15, 0.2) is 12.2 Å². The Kier molecular flexibility index (Phi) is 7.75. The van der Waals surface area contributed by atoms with E-state index in [9.17, 15) is 14.4 Å². The molecule has 0 aromatic carbocycles. The van der Waals surface area contributed by atoms with Gasteiger partial charge in [-0.25, -0.2) is 4.79 Å². The zero-order chi connectivity index (χ0) is 18.3. The number of allylic oxidation sites excluding steroid dienone is 1. The summed E-state index contributed by atoms with van der Waals surface area (Å²) in [7, 11) is 0. The summed E-state index contributed by atoms with van der Waals surface area (Å²) >= 11 is 1.45. The zero-order valence-corrected chi connectivity index (χ0v) is 14.8. The molecule has 1 saturated carbocycles. The van der Waals surface area contributed by atoms with E-state index in [1.807, 2.05) is 13.8 Å². The second kappa shape index (κ2) is 9.08. The van der Waals surface area contributed by atoms with Crippen molar-refractivity contribution >= 4 is 29.6 Å². The largest absolute Gasteiger partial charge is 0.480 e. The Labute approximate surface area is 146 Å². The van der Waals surface area contributed by atoms with Crippen LogP contribution in [0.1, 0.15) is 33.1 Å². The first kappa shape index (κ1) is 20.5. The number of nitrogens with one attached hydrogen (secondary N) is 1. The Bertz CT molecular complexity index is 507. The van der Waals surface area contributed by atoms with Gasteiger partial charge in [0.1, 0.15) is 12.1 Å². The van der Waals surface area contributed by atoms with Gasteiger partial charge in [-0.15, -0.1) is 0 Å². The molecule has 1 fully saturated rings. The molecule has 0 heterocycles. The van der Waals surface area contributed by atoms with Crippen LogP contribution in [0.2, 0.25) is 0 Å². The minimum Gasteiger partial charge on any atom is -0.480 e. The molecule has 5 N–H and O–H groups in total. The SMILES string of the molecule is CC1(C)CC1C(=O)NC(/C=C/CCCSCC(N)C(=O)O)C(=O)O. The quantitative estimate of drug-likeness (QED) is 0.321. The summed E-state index contributed by atoms with van der Waals surface area (Å²) in [5, 5.41) is 20.4. The summed E-state index contributed by atoms with van der Waals surface area (Å²) in [6.07, 6.45) is 5.44. The average Bonchev–Trinajstić information content (AvgIpc) is 3.13. The number of nitrogens with two attached hydrogens (primary N) is 1. The molecule has 0 saturated heterocycles. The highest BCUT2D eigenvalue weighted by atomic mass is 32.2. The molecule has 0 bridgehead atoms. The van der Waals surface area contributed by atoms with Crippen molar-refractivity contribution in [3.63, 3.8) is 0 Å². The molecular formula is C16H26N2O5S. The van der Waals surface area contributed by atoms with Crippen molar-refractivity contribution in [3.8, 4) is 0 Å². The maximum Gasteiger partial charge on any atom is 0.330 e. The van der Waals surface area contributed by atoms with Gasteiger partial charge in [-0.3, -0.25) is 9.59 Å². The molecule has 0 aromatic rings. The van der Waals surface area contributed by atoms with Crippen molar-refractivity contribution in [2.45, 2.75) is 45.2 Å².